The summed E-state index contributed by atoms with van der Waals surface area (Å²) in [6.45, 7) is 2.28. The zero-order valence-corrected chi connectivity index (χ0v) is 15.3. The number of amides is 1. The highest BCUT2D eigenvalue weighted by atomic mass is 16.5. The van der Waals surface area contributed by atoms with Gasteiger partial charge in [0.1, 0.15) is 11.5 Å². The lowest BCUT2D eigenvalue weighted by atomic mass is 9.88. The summed E-state index contributed by atoms with van der Waals surface area (Å²) in [6, 6.07) is 11.9. The van der Waals surface area contributed by atoms with Crippen LogP contribution >= 0.6 is 0 Å². The average Bonchev–Trinajstić information content (AvgIpc) is 3.30. The number of aryl methyl sites for hydroxylation is 1. The van der Waals surface area contributed by atoms with Crippen molar-refractivity contribution in [3.8, 4) is 11.3 Å². The molecular formula is C20H25N5O2. The van der Waals surface area contributed by atoms with Crippen LogP contribution in [0.25, 0.3) is 11.3 Å². The van der Waals surface area contributed by atoms with Gasteiger partial charge in [-0.3, -0.25) is 10.2 Å². The van der Waals surface area contributed by atoms with Gasteiger partial charge in [0.15, 0.2) is 5.96 Å². The van der Waals surface area contributed by atoms with Gasteiger partial charge in [-0.15, -0.1) is 0 Å². The molecule has 4 rings (SSSR count). The minimum atomic E-state index is -0.0401. The minimum absolute atomic E-state index is 0.0401. The molecule has 3 N–H and O–H groups in total. The van der Waals surface area contributed by atoms with Crippen molar-refractivity contribution in [2.24, 2.45) is 0 Å². The van der Waals surface area contributed by atoms with E-state index in [4.69, 9.17) is 9.93 Å². The number of guanidine groups is 1. The van der Waals surface area contributed by atoms with E-state index < -0.39 is 0 Å². The van der Waals surface area contributed by atoms with E-state index in [0.717, 1.165) is 55.9 Å². The molecule has 2 fully saturated rings. The van der Waals surface area contributed by atoms with Gasteiger partial charge in [-0.2, -0.15) is 0 Å². The number of aromatic nitrogens is 1. The second-order valence-corrected chi connectivity index (χ2v) is 7.41. The first-order valence-corrected chi connectivity index (χ1v) is 9.53. The van der Waals surface area contributed by atoms with E-state index >= 15 is 0 Å². The predicted octanol–water partition coefficient (Wildman–Crippen LogP) is 2.15. The van der Waals surface area contributed by atoms with Crippen molar-refractivity contribution in [1.29, 1.82) is 5.41 Å². The summed E-state index contributed by atoms with van der Waals surface area (Å²) >= 11 is 0. The maximum Gasteiger partial charge on any atom is 0.222 e. The Labute approximate surface area is 158 Å². The molecule has 0 atom stereocenters. The fourth-order valence-corrected chi connectivity index (χ4v) is 3.84. The molecule has 0 aliphatic carbocycles. The topological polar surface area (TPSA) is 94.3 Å². The Kier molecular flexibility index (Phi) is 4.83. The molecule has 3 heterocycles. The highest BCUT2D eigenvalue weighted by molar-refractivity contribution is 5.80. The van der Waals surface area contributed by atoms with Crippen molar-refractivity contribution in [1.82, 2.24) is 20.7 Å². The first-order chi connectivity index (χ1) is 13.1. The Hall–Kier alpha value is -2.83. The molecule has 0 saturated carbocycles. The molecule has 0 bridgehead atoms. The van der Waals surface area contributed by atoms with Gasteiger partial charge in [-0.05, 0) is 19.3 Å². The third kappa shape index (κ3) is 3.97. The van der Waals surface area contributed by atoms with Crippen LogP contribution < -0.4 is 10.6 Å². The molecule has 2 aromatic rings. The maximum atomic E-state index is 12.5. The molecule has 0 radical (unpaired) electrons. The van der Waals surface area contributed by atoms with Crippen LogP contribution in [0.15, 0.2) is 40.9 Å². The Morgan fingerprint density at radius 3 is 2.74 bits per heavy atom. The van der Waals surface area contributed by atoms with Gasteiger partial charge < -0.3 is 20.1 Å². The second kappa shape index (κ2) is 7.42. The second-order valence-electron chi connectivity index (χ2n) is 7.41. The lowest BCUT2D eigenvalue weighted by molar-refractivity contribution is -0.132. The summed E-state index contributed by atoms with van der Waals surface area (Å²) in [4.78, 5) is 14.4. The number of piperidine rings is 1. The van der Waals surface area contributed by atoms with Crippen molar-refractivity contribution in [3.63, 3.8) is 0 Å². The summed E-state index contributed by atoms with van der Waals surface area (Å²) < 4.78 is 5.41. The molecule has 1 amide bonds. The monoisotopic (exact) mass is 367 g/mol. The zero-order valence-electron chi connectivity index (χ0n) is 15.3. The van der Waals surface area contributed by atoms with Gasteiger partial charge in [-0.1, -0.05) is 35.5 Å². The largest absolute Gasteiger partial charge is 0.361 e. The van der Waals surface area contributed by atoms with E-state index in [1.54, 1.807) is 0 Å². The van der Waals surface area contributed by atoms with Gasteiger partial charge in [0, 0.05) is 44.1 Å². The summed E-state index contributed by atoms with van der Waals surface area (Å²) in [5, 5.41) is 18.0. The summed E-state index contributed by atoms with van der Waals surface area (Å²) in [5.74, 6) is 1.42. The first-order valence-electron chi connectivity index (χ1n) is 9.53. The van der Waals surface area contributed by atoms with E-state index in [0.29, 0.717) is 18.8 Å². The normalized spacial score (nSPS) is 18.4. The van der Waals surface area contributed by atoms with Gasteiger partial charge in [0.05, 0.1) is 5.54 Å². The van der Waals surface area contributed by atoms with E-state index in [-0.39, 0.29) is 11.4 Å². The number of carbonyl (C=O) groups is 1. The van der Waals surface area contributed by atoms with Gasteiger partial charge in [0.2, 0.25) is 5.91 Å². The van der Waals surface area contributed by atoms with Crippen LogP contribution in [-0.2, 0) is 11.2 Å². The quantitative estimate of drug-likeness (QED) is 0.753. The van der Waals surface area contributed by atoms with Crippen LogP contribution in [0, 0.1) is 5.41 Å². The maximum absolute atomic E-state index is 12.5. The fourth-order valence-electron chi connectivity index (χ4n) is 3.84. The van der Waals surface area contributed by atoms with Crippen LogP contribution in [-0.4, -0.2) is 47.1 Å². The lowest BCUT2D eigenvalue weighted by Gasteiger charge is -2.38. The molecule has 1 aromatic heterocycles. The standard InChI is InChI=1S/C20H25N5O2/c21-19-22-14-20(23-19)9-11-25(12-10-20)18(26)8-4-7-16-13-17(24-27-16)15-5-2-1-3-6-15/h1-3,5-6,13H,4,7-12,14H2,(H3,21,22,23). The van der Waals surface area contributed by atoms with E-state index in [2.05, 4.69) is 15.8 Å². The molecule has 2 aliphatic heterocycles. The third-order valence-electron chi connectivity index (χ3n) is 5.51. The number of rotatable bonds is 5. The Balaban J connectivity index is 1.22. The molecule has 1 aromatic carbocycles. The van der Waals surface area contributed by atoms with Crippen LogP contribution in [0.3, 0.4) is 0 Å². The van der Waals surface area contributed by atoms with Crippen molar-refractivity contribution < 1.29 is 9.32 Å². The molecular weight excluding hydrogens is 342 g/mol. The minimum Gasteiger partial charge on any atom is -0.361 e. The van der Waals surface area contributed by atoms with Crippen molar-refractivity contribution in [3.05, 3.63) is 42.2 Å². The van der Waals surface area contributed by atoms with E-state index in [1.165, 1.54) is 0 Å². The van der Waals surface area contributed by atoms with Crippen LogP contribution in [0.4, 0.5) is 0 Å². The summed E-state index contributed by atoms with van der Waals surface area (Å²) in [6.07, 6.45) is 3.77. The van der Waals surface area contributed by atoms with Crippen LogP contribution in [0.2, 0.25) is 0 Å². The SMILES string of the molecule is N=C1NCC2(CCN(C(=O)CCCc3cc(-c4ccccc4)no3)CC2)N1. The third-order valence-corrected chi connectivity index (χ3v) is 5.51. The molecule has 2 saturated heterocycles. The first kappa shape index (κ1) is 17.6. The van der Waals surface area contributed by atoms with Crippen molar-refractivity contribution in [2.75, 3.05) is 19.6 Å². The molecule has 0 unspecified atom stereocenters. The van der Waals surface area contributed by atoms with Gasteiger partial charge in [0.25, 0.3) is 0 Å². The van der Waals surface area contributed by atoms with Gasteiger partial charge in [-0.25, -0.2) is 0 Å². The van der Waals surface area contributed by atoms with Crippen LogP contribution in [0.5, 0.6) is 0 Å². The number of nitrogens with one attached hydrogen (secondary N) is 3. The zero-order chi connectivity index (χ0) is 18.7. The average molecular weight is 367 g/mol. The van der Waals surface area contributed by atoms with E-state index in [9.17, 15) is 4.79 Å². The highest BCUT2D eigenvalue weighted by Crippen LogP contribution is 2.25. The number of carbonyl (C=O) groups excluding carboxylic acids is 1. The molecule has 7 nitrogen and oxygen atoms in total. The Morgan fingerprint density at radius 2 is 2.04 bits per heavy atom. The van der Waals surface area contributed by atoms with Gasteiger partial charge >= 0.3 is 0 Å². The lowest BCUT2D eigenvalue weighted by Crippen LogP contribution is -2.53. The van der Waals surface area contributed by atoms with Crippen LogP contribution in [0.1, 0.15) is 31.4 Å². The van der Waals surface area contributed by atoms with E-state index in [1.807, 2.05) is 41.3 Å². The molecule has 7 heteroatoms. The number of hydrogen-bond acceptors (Lipinski definition) is 4. The number of nitrogens with zero attached hydrogens (tertiary/aromatic N) is 2. The highest BCUT2D eigenvalue weighted by Gasteiger charge is 2.39. The number of likely N-dealkylation sites (tertiary alicyclic amines) is 1. The Morgan fingerprint density at radius 1 is 1.26 bits per heavy atom. The summed E-state index contributed by atoms with van der Waals surface area (Å²) in [5.41, 5.74) is 1.83. The van der Waals surface area contributed by atoms with Crippen molar-refractivity contribution in [2.45, 2.75) is 37.6 Å². The smallest absolute Gasteiger partial charge is 0.222 e. The molecule has 2 aliphatic rings. The fraction of sp³-hybridized carbons (Fsp3) is 0.450. The number of benzene rings is 1. The van der Waals surface area contributed by atoms with Crippen molar-refractivity contribution >= 4 is 11.9 Å². The predicted molar refractivity (Wildman–Crippen MR) is 102 cm³/mol. The summed E-state index contributed by atoms with van der Waals surface area (Å²) in [7, 11) is 0. The molecule has 142 valence electrons. The molecule has 27 heavy (non-hydrogen) atoms. The number of hydrogen-bond donors (Lipinski definition) is 3. The Bertz CT molecular complexity index is 809. The molecule has 1 spiro atoms.